The van der Waals surface area contributed by atoms with Gasteiger partial charge in [-0.3, -0.25) is 0 Å². The van der Waals surface area contributed by atoms with Crippen LogP contribution in [0.25, 0.3) is 0 Å². The number of aromatic nitrogens is 2. The second-order valence-corrected chi connectivity index (χ2v) is 9.98. The largest absolute Gasteiger partial charge is 0.372 e. The first-order chi connectivity index (χ1) is 9.92. The monoisotopic (exact) mass is 437 g/mol. The topological polar surface area (TPSA) is 37.8 Å². The third-order valence-electron chi connectivity index (χ3n) is 3.61. The van der Waals surface area contributed by atoms with Gasteiger partial charge in [0.15, 0.2) is 0 Å². The van der Waals surface area contributed by atoms with Crippen molar-refractivity contribution in [2.24, 2.45) is 5.92 Å². The number of nitrogens with one attached hydrogen (secondary N) is 1. The molecule has 1 aliphatic rings. The first-order valence-electron chi connectivity index (χ1n) is 7.43. The van der Waals surface area contributed by atoms with Crippen LogP contribution >= 0.6 is 46.1 Å². The van der Waals surface area contributed by atoms with Crippen LogP contribution in [-0.2, 0) is 6.42 Å². The van der Waals surface area contributed by atoms with Crippen molar-refractivity contribution in [3.8, 4) is 0 Å². The summed E-state index contributed by atoms with van der Waals surface area (Å²) in [6.45, 7) is 9.11. The molecule has 0 aromatic carbocycles. The van der Waals surface area contributed by atoms with Crippen LogP contribution in [0, 0.1) is 9.49 Å². The Labute approximate surface area is 150 Å². The van der Waals surface area contributed by atoms with Gasteiger partial charge in [-0.1, -0.05) is 27.7 Å². The molecule has 0 aliphatic carbocycles. The van der Waals surface area contributed by atoms with Crippen LogP contribution < -0.4 is 5.32 Å². The molecule has 118 valence electrons. The highest BCUT2D eigenvalue weighted by atomic mass is 127. The molecule has 1 fully saturated rings. The van der Waals surface area contributed by atoms with Crippen LogP contribution in [0.3, 0.4) is 0 Å². The SMILES string of the molecule is CNc1nc(C2CSC(C)C(C)S2)nc(CC(C)C)c1I. The van der Waals surface area contributed by atoms with E-state index in [0.29, 0.717) is 21.7 Å². The standard InChI is InChI=1S/C15H24IN3S2/c1-8(2)6-11-13(16)15(17-5)19-14(18-11)12-7-20-9(3)10(4)21-12/h8-10,12H,6-7H2,1-5H3,(H,17,18,19). The first kappa shape index (κ1) is 17.7. The number of hydrogen-bond acceptors (Lipinski definition) is 5. The van der Waals surface area contributed by atoms with E-state index in [-0.39, 0.29) is 0 Å². The Morgan fingerprint density at radius 2 is 2.00 bits per heavy atom. The lowest BCUT2D eigenvalue weighted by Gasteiger charge is -2.30. The van der Waals surface area contributed by atoms with Crippen molar-refractivity contribution in [2.45, 2.75) is 49.9 Å². The molecular weight excluding hydrogens is 413 g/mol. The number of hydrogen-bond donors (Lipinski definition) is 1. The molecule has 0 spiro atoms. The first-order valence-corrected chi connectivity index (χ1v) is 10.5. The van der Waals surface area contributed by atoms with Gasteiger partial charge in [0.05, 0.1) is 14.5 Å². The highest BCUT2D eigenvalue weighted by molar-refractivity contribution is 14.1. The van der Waals surface area contributed by atoms with Gasteiger partial charge in [0, 0.05) is 23.3 Å². The van der Waals surface area contributed by atoms with Gasteiger partial charge in [-0.25, -0.2) is 9.97 Å². The number of thioether (sulfide) groups is 2. The number of rotatable bonds is 4. The third-order valence-corrected chi connectivity index (χ3v) is 8.13. The fraction of sp³-hybridized carbons (Fsp3) is 0.733. The average molecular weight is 437 g/mol. The molecule has 3 nitrogen and oxygen atoms in total. The minimum atomic E-state index is 0.413. The Kier molecular flexibility index (Phi) is 6.50. The minimum Gasteiger partial charge on any atom is -0.372 e. The van der Waals surface area contributed by atoms with Crippen LogP contribution in [-0.4, -0.2) is 33.3 Å². The zero-order valence-electron chi connectivity index (χ0n) is 13.3. The Morgan fingerprint density at radius 3 is 2.57 bits per heavy atom. The van der Waals surface area contributed by atoms with E-state index in [1.54, 1.807) is 0 Å². The lowest BCUT2D eigenvalue weighted by Crippen LogP contribution is -2.23. The molecule has 3 unspecified atom stereocenters. The molecule has 1 N–H and O–H groups in total. The molecular formula is C15H24IN3S2. The maximum absolute atomic E-state index is 4.91. The summed E-state index contributed by atoms with van der Waals surface area (Å²) < 4.78 is 1.17. The van der Waals surface area contributed by atoms with Crippen molar-refractivity contribution in [1.82, 2.24) is 9.97 Å². The van der Waals surface area contributed by atoms with E-state index in [1.165, 1.54) is 9.26 Å². The van der Waals surface area contributed by atoms with E-state index in [0.717, 1.165) is 23.8 Å². The van der Waals surface area contributed by atoms with Gasteiger partial charge >= 0.3 is 0 Å². The Hall–Kier alpha value is 0.310. The van der Waals surface area contributed by atoms with Gasteiger partial charge < -0.3 is 5.32 Å². The number of nitrogens with zero attached hydrogens (tertiary/aromatic N) is 2. The van der Waals surface area contributed by atoms with E-state index in [2.05, 4.69) is 55.6 Å². The molecule has 3 atom stereocenters. The average Bonchev–Trinajstić information content (AvgIpc) is 2.43. The minimum absolute atomic E-state index is 0.413. The summed E-state index contributed by atoms with van der Waals surface area (Å²) in [5.74, 6) is 3.71. The normalized spacial score (nSPS) is 26.1. The predicted octanol–water partition coefficient (Wildman–Crippen LogP) is 4.62. The molecule has 1 aromatic heterocycles. The Bertz CT molecular complexity index is 496. The van der Waals surface area contributed by atoms with Crippen molar-refractivity contribution in [1.29, 1.82) is 0 Å². The summed E-state index contributed by atoms with van der Waals surface area (Å²) in [4.78, 5) is 9.69. The van der Waals surface area contributed by atoms with E-state index in [1.807, 2.05) is 30.6 Å². The zero-order chi connectivity index (χ0) is 15.6. The molecule has 2 heterocycles. The summed E-state index contributed by atoms with van der Waals surface area (Å²) in [5, 5.41) is 5.02. The van der Waals surface area contributed by atoms with E-state index < -0.39 is 0 Å². The van der Waals surface area contributed by atoms with Gasteiger partial charge in [-0.15, -0.1) is 11.8 Å². The molecule has 0 radical (unpaired) electrons. The molecule has 21 heavy (non-hydrogen) atoms. The number of halogens is 1. The smallest absolute Gasteiger partial charge is 0.144 e. The van der Waals surface area contributed by atoms with Gasteiger partial charge in [0.1, 0.15) is 11.6 Å². The lowest BCUT2D eigenvalue weighted by molar-refractivity contribution is 0.627. The second kappa shape index (κ2) is 7.73. The van der Waals surface area contributed by atoms with Crippen LogP contribution in [0.15, 0.2) is 0 Å². The van der Waals surface area contributed by atoms with Crippen LogP contribution in [0.4, 0.5) is 5.82 Å². The molecule has 6 heteroatoms. The molecule has 1 saturated heterocycles. The van der Waals surface area contributed by atoms with E-state index >= 15 is 0 Å². The zero-order valence-corrected chi connectivity index (χ0v) is 17.1. The Balaban J connectivity index is 2.30. The van der Waals surface area contributed by atoms with Gasteiger partial charge in [0.25, 0.3) is 0 Å². The highest BCUT2D eigenvalue weighted by Gasteiger charge is 2.29. The van der Waals surface area contributed by atoms with Crippen LogP contribution in [0.5, 0.6) is 0 Å². The fourth-order valence-electron chi connectivity index (χ4n) is 2.26. The van der Waals surface area contributed by atoms with Crippen molar-refractivity contribution >= 4 is 51.9 Å². The summed E-state index contributed by atoms with van der Waals surface area (Å²) in [6, 6.07) is 0. The summed E-state index contributed by atoms with van der Waals surface area (Å²) in [7, 11) is 1.95. The quantitative estimate of drug-likeness (QED) is 0.696. The van der Waals surface area contributed by atoms with Gasteiger partial charge in [-0.2, -0.15) is 11.8 Å². The van der Waals surface area contributed by atoms with E-state index in [9.17, 15) is 0 Å². The van der Waals surface area contributed by atoms with Crippen molar-refractivity contribution in [3.05, 3.63) is 15.1 Å². The van der Waals surface area contributed by atoms with Gasteiger partial charge in [-0.05, 0) is 34.9 Å². The maximum Gasteiger partial charge on any atom is 0.144 e. The summed E-state index contributed by atoms with van der Waals surface area (Å²) >= 11 is 6.44. The third kappa shape index (κ3) is 4.41. The van der Waals surface area contributed by atoms with Crippen molar-refractivity contribution < 1.29 is 0 Å². The number of anilines is 1. The molecule has 0 bridgehead atoms. The van der Waals surface area contributed by atoms with Crippen molar-refractivity contribution in [2.75, 3.05) is 18.1 Å². The molecule has 1 aliphatic heterocycles. The lowest BCUT2D eigenvalue weighted by atomic mass is 10.1. The van der Waals surface area contributed by atoms with Crippen molar-refractivity contribution in [3.63, 3.8) is 0 Å². The Morgan fingerprint density at radius 1 is 1.29 bits per heavy atom. The molecule has 0 saturated carbocycles. The summed E-state index contributed by atoms with van der Waals surface area (Å²) in [6.07, 6.45) is 1.01. The van der Waals surface area contributed by atoms with E-state index in [4.69, 9.17) is 9.97 Å². The molecule has 0 amide bonds. The molecule has 1 aromatic rings. The highest BCUT2D eigenvalue weighted by Crippen LogP contribution is 2.43. The molecule has 2 rings (SSSR count). The maximum atomic E-state index is 4.91. The predicted molar refractivity (Wildman–Crippen MR) is 105 cm³/mol. The van der Waals surface area contributed by atoms with Crippen LogP contribution in [0.2, 0.25) is 0 Å². The fourth-order valence-corrected chi connectivity index (χ4v) is 5.84. The van der Waals surface area contributed by atoms with Gasteiger partial charge in [0.2, 0.25) is 0 Å². The summed E-state index contributed by atoms with van der Waals surface area (Å²) in [5.41, 5.74) is 1.19. The van der Waals surface area contributed by atoms with Crippen LogP contribution in [0.1, 0.15) is 44.5 Å². The second-order valence-electron chi connectivity index (χ2n) is 5.91.